The summed E-state index contributed by atoms with van der Waals surface area (Å²) >= 11 is 0. The van der Waals surface area contributed by atoms with Gasteiger partial charge < -0.3 is 19.3 Å². The summed E-state index contributed by atoms with van der Waals surface area (Å²) in [7, 11) is 1.65. The van der Waals surface area contributed by atoms with Crippen LogP contribution in [0.2, 0.25) is 0 Å². The molecular formula is C11H24O4. The monoisotopic (exact) mass is 220 g/mol. The van der Waals surface area contributed by atoms with Crippen molar-refractivity contribution in [1.82, 2.24) is 0 Å². The summed E-state index contributed by atoms with van der Waals surface area (Å²) in [6, 6.07) is 0. The van der Waals surface area contributed by atoms with Crippen molar-refractivity contribution in [3.63, 3.8) is 0 Å². The maximum atomic E-state index is 8.98. The van der Waals surface area contributed by atoms with E-state index in [0.717, 1.165) is 0 Å². The first-order valence-corrected chi connectivity index (χ1v) is 5.33. The highest BCUT2D eigenvalue weighted by atomic mass is 16.5. The van der Waals surface area contributed by atoms with Crippen LogP contribution in [0.4, 0.5) is 0 Å². The number of hydrogen-bond donors (Lipinski definition) is 1. The molecule has 0 saturated heterocycles. The molecule has 1 unspecified atom stereocenters. The molecule has 0 aliphatic carbocycles. The lowest BCUT2D eigenvalue weighted by molar-refractivity contribution is -0.0751. The van der Waals surface area contributed by atoms with Gasteiger partial charge in [0.2, 0.25) is 0 Å². The molecule has 15 heavy (non-hydrogen) atoms. The van der Waals surface area contributed by atoms with E-state index in [0.29, 0.717) is 32.3 Å². The molecule has 1 N–H and O–H groups in total. The topological polar surface area (TPSA) is 47.9 Å². The Morgan fingerprint density at radius 3 is 2.40 bits per heavy atom. The van der Waals surface area contributed by atoms with Gasteiger partial charge in [0.25, 0.3) is 0 Å². The number of hydrogen-bond acceptors (Lipinski definition) is 4. The molecule has 0 aromatic heterocycles. The molecule has 4 heteroatoms. The molecule has 1 atom stereocenters. The van der Waals surface area contributed by atoms with Crippen molar-refractivity contribution in [3.8, 4) is 0 Å². The lowest BCUT2D eigenvalue weighted by Crippen LogP contribution is -2.31. The SMILES string of the molecule is COCCOCC(C)COC(C)(C)CO. The summed E-state index contributed by atoms with van der Waals surface area (Å²) in [5.74, 6) is 0.327. The van der Waals surface area contributed by atoms with Crippen molar-refractivity contribution in [2.45, 2.75) is 26.4 Å². The van der Waals surface area contributed by atoms with E-state index in [-0.39, 0.29) is 6.61 Å². The van der Waals surface area contributed by atoms with Crippen molar-refractivity contribution in [1.29, 1.82) is 0 Å². The van der Waals surface area contributed by atoms with E-state index >= 15 is 0 Å². The van der Waals surface area contributed by atoms with Crippen LogP contribution < -0.4 is 0 Å². The maximum Gasteiger partial charge on any atom is 0.0856 e. The average molecular weight is 220 g/mol. The van der Waals surface area contributed by atoms with Crippen LogP contribution in [0.3, 0.4) is 0 Å². The number of ether oxygens (including phenoxy) is 3. The molecule has 0 saturated carbocycles. The first-order valence-electron chi connectivity index (χ1n) is 5.33. The van der Waals surface area contributed by atoms with Gasteiger partial charge in [-0.1, -0.05) is 6.92 Å². The van der Waals surface area contributed by atoms with Crippen molar-refractivity contribution < 1.29 is 19.3 Å². The van der Waals surface area contributed by atoms with Crippen molar-refractivity contribution in [3.05, 3.63) is 0 Å². The second-order valence-corrected chi connectivity index (χ2v) is 4.40. The van der Waals surface area contributed by atoms with Crippen LogP contribution in [-0.4, -0.2) is 50.9 Å². The van der Waals surface area contributed by atoms with E-state index in [1.807, 2.05) is 13.8 Å². The quantitative estimate of drug-likeness (QED) is 0.591. The Kier molecular flexibility index (Phi) is 7.96. The zero-order chi connectivity index (χ0) is 11.7. The van der Waals surface area contributed by atoms with Gasteiger partial charge in [0, 0.05) is 13.0 Å². The van der Waals surface area contributed by atoms with Crippen LogP contribution in [0.25, 0.3) is 0 Å². The van der Waals surface area contributed by atoms with Crippen molar-refractivity contribution in [2.24, 2.45) is 5.92 Å². The average Bonchev–Trinajstić information content (AvgIpc) is 2.22. The second kappa shape index (κ2) is 8.05. The third-order valence-electron chi connectivity index (χ3n) is 1.97. The lowest BCUT2D eigenvalue weighted by Gasteiger charge is -2.24. The van der Waals surface area contributed by atoms with Crippen LogP contribution in [0.5, 0.6) is 0 Å². The number of aliphatic hydroxyl groups is 1. The summed E-state index contributed by atoms with van der Waals surface area (Å²) < 4.78 is 15.8. The van der Waals surface area contributed by atoms with Gasteiger partial charge in [-0.2, -0.15) is 0 Å². The number of rotatable bonds is 9. The normalized spacial score (nSPS) is 14.2. The largest absolute Gasteiger partial charge is 0.393 e. The molecule has 0 aromatic rings. The Morgan fingerprint density at radius 2 is 1.87 bits per heavy atom. The van der Waals surface area contributed by atoms with E-state index in [1.54, 1.807) is 7.11 Å². The Labute approximate surface area is 92.5 Å². The summed E-state index contributed by atoms with van der Waals surface area (Å²) in [5, 5.41) is 8.98. The minimum atomic E-state index is -0.458. The summed E-state index contributed by atoms with van der Waals surface area (Å²) in [4.78, 5) is 0. The van der Waals surface area contributed by atoms with Gasteiger partial charge in [0.15, 0.2) is 0 Å². The predicted molar refractivity (Wildman–Crippen MR) is 59.0 cm³/mol. The lowest BCUT2D eigenvalue weighted by atomic mass is 10.1. The maximum absolute atomic E-state index is 8.98. The Hall–Kier alpha value is -0.160. The molecule has 0 aliphatic rings. The number of methoxy groups -OCH3 is 1. The van der Waals surface area contributed by atoms with Crippen molar-refractivity contribution >= 4 is 0 Å². The minimum absolute atomic E-state index is 0.0320. The molecule has 0 aromatic carbocycles. The highest BCUT2D eigenvalue weighted by Crippen LogP contribution is 2.10. The molecule has 92 valence electrons. The van der Waals surface area contributed by atoms with E-state index in [4.69, 9.17) is 19.3 Å². The fourth-order valence-corrected chi connectivity index (χ4v) is 0.888. The smallest absolute Gasteiger partial charge is 0.0856 e. The predicted octanol–water partition coefficient (Wildman–Crippen LogP) is 1.07. The third kappa shape index (κ3) is 8.81. The molecule has 0 rings (SSSR count). The molecule has 0 heterocycles. The highest BCUT2D eigenvalue weighted by Gasteiger charge is 2.17. The summed E-state index contributed by atoms with van der Waals surface area (Å²) in [5.41, 5.74) is -0.458. The van der Waals surface area contributed by atoms with Gasteiger partial charge in [-0.3, -0.25) is 0 Å². The Balaban J connectivity index is 3.44. The molecule has 4 nitrogen and oxygen atoms in total. The van der Waals surface area contributed by atoms with Gasteiger partial charge in [0.1, 0.15) is 0 Å². The molecule has 0 amide bonds. The van der Waals surface area contributed by atoms with Crippen LogP contribution in [0.15, 0.2) is 0 Å². The van der Waals surface area contributed by atoms with E-state index < -0.39 is 5.60 Å². The van der Waals surface area contributed by atoms with Gasteiger partial charge in [-0.25, -0.2) is 0 Å². The Bertz CT molecular complexity index is 148. The third-order valence-corrected chi connectivity index (χ3v) is 1.97. The summed E-state index contributed by atoms with van der Waals surface area (Å²) in [6.45, 7) is 8.31. The van der Waals surface area contributed by atoms with Crippen LogP contribution >= 0.6 is 0 Å². The zero-order valence-electron chi connectivity index (χ0n) is 10.3. The van der Waals surface area contributed by atoms with E-state index in [9.17, 15) is 0 Å². The molecule has 0 radical (unpaired) electrons. The fourth-order valence-electron chi connectivity index (χ4n) is 0.888. The summed E-state index contributed by atoms with van der Waals surface area (Å²) in [6.07, 6.45) is 0. The first-order chi connectivity index (χ1) is 7.02. The second-order valence-electron chi connectivity index (χ2n) is 4.40. The minimum Gasteiger partial charge on any atom is -0.393 e. The fraction of sp³-hybridized carbons (Fsp3) is 1.00. The highest BCUT2D eigenvalue weighted by molar-refractivity contribution is 4.66. The molecule has 0 spiro atoms. The van der Waals surface area contributed by atoms with Gasteiger partial charge in [0.05, 0.1) is 38.6 Å². The van der Waals surface area contributed by atoms with Crippen LogP contribution in [0.1, 0.15) is 20.8 Å². The van der Waals surface area contributed by atoms with Gasteiger partial charge in [-0.15, -0.1) is 0 Å². The molecular weight excluding hydrogens is 196 g/mol. The van der Waals surface area contributed by atoms with Crippen LogP contribution in [0, 0.1) is 5.92 Å². The van der Waals surface area contributed by atoms with Crippen molar-refractivity contribution in [2.75, 3.05) is 40.1 Å². The molecule has 0 aliphatic heterocycles. The Morgan fingerprint density at radius 1 is 1.20 bits per heavy atom. The number of aliphatic hydroxyl groups excluding tert-OH is 1. The zero-order valence-corrected chi connectivity index (χ0v) is 10.3. The first kappa shape index (κ1) is 14.8. The molecule has 0 fully saturated rings. The van der Waals surface area contributed by atoms with E-state index in [1.165, 1.54) is 0 Å². The standard InChI is InChI=1S/C11H24O4/c1-10(7-14-6-5-13-4)8-15-11(2,3)9-12/h10,12H,5-9H2,1-4H3. The van der Waals surface area contributed by atoms with Gasteiger partial charge >= 0.3 is 0 Å². The van der Waals surface area contributed by atoms with Crippen LogP contribution in [-0.2, 0) is 14.2 Å². The van der Waals surface area contributed by atoms with Gasteiger partial charge in [-0.05, 0) is 13.8 Å². The van der Waals surface area contributed by atoms with E-state index in [2.05, 4.69) is 6.92 Å². The molecule has 0 bridgehead atoms.